The molecule has 0 heterocycles. The van der Waals surface area contributed by atoms with Crippen LogP contribution in [0.1, 0.15) is 24.3 Å². The molecule has 1 aromatic carbocycles. The summed E-state index contributed by atoms with van der Waals surface area (Å²) in [5, 5.41) is 0. The van der Waals surface area contributed by atoms with Crippen molar-refractivity contribution in [1.29, 1.82) is 0 Å². The van der Waals surface area contributed by atoms with Gasteiger partial charge in [0.15, 0.2) is 6.29 Å². The summed E-state index contributed by atoms with van der Waals surface area (Å²) in [4.78, 5) is 11.2. The fourth-order valence-electron chi connectivity index (χ4n) is 1.66. The number of carbonyl (C=O) groups is 1. The first-order valence-corrected chi connectivity index (χ1v) is 5.79. The SMILES string of the molecule is CCOC(=O)C(F)(F)c1cccc(C(OC)OC)c1F. The van der Waals surface area contributed by atoms with E-state index in [0.717, 1.165) is 6.07 Å². The van der Waals surface area contributed by atoms with Gasteiger partial charge in [0.25, 0.3) is 0 Å². The molecule has 7 heteroatoms. The highest BCUT2D eigenvalue weighted by Crippen LogP contribution is 2.34. The van der Waals surface area contributed by atoms with Crippen LogP contribution in [0.3, 0.4) is 0 Å². The lowest BCUT2D eigenvalue weighted by molar-refractivity contribution is -0.173. The molecule has 0 aromatic heterocycles. The average molecular weight is 292 g/mol. The normalized spacial score (nSPS) is 11.8. The van der Waals surface area contributed by atoms with Crippen molar-refractivity contribution in [3.63, 3.8) is 0 Å². The summed E-state index contributed by atoms with van der Waals surface area (Å²) in [7, 11) is 2.48. The van der Waals surface area contributed by atoms with E-state index in [4.69, 9.17) is 9.47 Å². The average Bonchev–Trinajstić information content (AvgIpc) is 2.42. The molecule has 0 N–H and O–H groups in total. The topological polar surface area (TPSA) is 44.8 Å². The molecule has 112 valence electrons. The van der Waals surface area contributed by atoms with Crippen molar-refractivity contribution in [2.75, 3.05) is 20.8 Å². The van der Waals surface area contributed by atoms with Crippen LogP contribution >= 0.6 is 0 Å². The van der Waals surface area contributed by atoms with Crippen LogP contribution in [0.5, 0.6) is 0 Å². The molecule has 0 amide bonds. The molecule has 0 spiro atoms. The summed E-state index contributed by atoms with van der Waals surface area (Å²) in [6, 6.07) is 3.24. The Balaban J connectivity index is 3.26. The number of benzene rings is 1. The van der Waals surface area contributed by atoms with Crippen molar-refractivity contribution < 1.29 is 32.2 Å². The summed E-state index contributed by atoms with van der Waals surface area (Å²) in [6.07, 6.45) is -1.15. The van der Waals surface area contributed by atoms with Crippen LogP contribution in [0.25, 0.3) is 0 Å². The van der Waals surface area contributed by atoms with Crippen LogP contribution < -0.4 is 0 Å². The molecule has 0 aliphatic heterocycles. The van der Waals surface area contributed by atoms with Crippen molar-refractivity contribution in [1.82, 2.24) is 0 Å². The Hall–Kier alpha value is -1.60. The lowest BCUT2D eigenvalue weighted by Crippen LogP contribution is -2.30. The predicted molar refractivity (Wildman–Crippen MR) is 63.7 cm³/mol. The lowest BCUT2D eigenvalue weighted by atomic mass is 10.0. The van der Waals surface area contributed by atoms with Gasteiger partial charge in [-0.1, -0.05) is 12.1 Å². The van der Waals surface area contributed by atoms with Crippen molar-refractivity contribution in [3.8, 4) is 0 Å². The van der Waals surface area contributed by atoms with Gasteiger partial charge in [-0.3, -0.25) is 0 Å². The van der Waals surface area contributed by atoms with Gasteiger partial charge < -0.3 is 14.2 Å². The summed E-state index contributed by atoms with van der Waals surface area (Å²) in [5.74, 6) is -7.15. The van der Waals surface area contributed by atoms with Gasteiger partial charge in [-0.05, 0) is 13.0 Å². The van der Waals surface area contributed by atoms with Crippen molar-refractivity contribution in [2.24, 2.45) is 0 Å². The minimum atomic E-state index is -4.08. The zero-order valence-corrected chi connectivity index (χ0v) is 11.3. The quantitative estimate of drug-likeness (QED) is 0.597. The zero-order chi connectivity index (χ0) is 15.3. The lowest BCUT2D eigenvalue weighted by Gasteiger charge is -2.19. The maximum atomic E-state index is 14.1. The van der Waals surface area contributed by atoms with Gasteiger partial charge in [0.05, 0.1) is 12.2 Å². The molecule has 0 fully saturated rings. The van der Waals surface area contributed by atoms with E-state index in [1.165, 1.54) is 33.3 Å². The number of hydrogen-bond donors (Lipinski definition) is 0. The molecular formula is C13H15F3O4. The fraction of sp³-hybridized carbons (Fsp3) is 0.462. The second-order valence-corrected chi connectivity index (χ2v) is 3.81. The molecule has 1 aromatic rings. The summed E-state index contributed by atoms with van der Waals surface area (Å²) in [5.41, 5.74) is -1.30. The number of methoxy groups -OCH3 is 2. The van der Waals surface area contributed by atoms with Crippen LogP contribution in [-0.4, -0.2) is 26.8 Å². The van der Waals surface area contributed by atoms with E-state index >= 15 is 0 Å². The van der Waals surface area contributed by atoms with Gasteiger partial charge in [-0.25, -0.2) is 9.18 Å². The number of esters is 1. The second kappa shape index (κ2) is 6.71. The Bertz CT molecular complexity index is 473. The second-order valence-electron chi connectivity index (χ2n) is 3.81. The van der Waals surface area contributed by atoms with Crippen molar-refractivity contribution >= 4 is 5.97 Å². The maximum absolute atomic E-state index is 14.1. The van der Waals surface area contributed by atoms with E-state index in [2.05, 4.69) is 4.74 Å². The minimum Gasteiger partial charge on any atom is -0.461 e. The Labute approximate surface area is 114 Å². The summed E-state index contributed by atoms with van der Waals surface area (Å²) >= 11 is 0. The van der Waals surface area contributed by atoms with Crippen molar-refractivity contribution in [2.45, 2.75) is 19.1 Å². The summed E-state index contributed by atoms with van der Waals surface area (Å²) < 4.78 is 55.7. The van der Waals surface area contributed by atoms with E-state index in [0.29, 0.717) is 0 Å². The van der Waals surface area contributed by atoms with Gasteiger partial charge in [-0.2, -0.15) is 8.78 Å². The number of ether oxygens (including phenoxy) is 3. The number of halogens is 3. The number of carbonyl (C=O) groups excluding carboxylic acids is 1. The first kappa shape index (κ1) is 16.5. The van der Waals surface area contributed by atoms with E-state index in [-0.39, 0.29) is 12.2 Å². The smallest absolute Gasteiger partial charge is 0.382 e. The maximum Gasteiger partial charge on any atom is 0.382 e. The third-order valence-corrected chi connectivity index (χ3v) is 2.58. The van der Waals surface area contributed by atoms with Crippen LogP contribution in [-0.2, 0) is 24.9 Å². The third kappa shape index (κ3) is 3.10. The molecular weight excluding hydrogens is 277 g/mol. The Morgan fingerprint density at radius 2 is 1.90 bits per heavy atom. The van der Waals surface area contributed by atoms with Gasteiger partial charge in [0.1, 0.15) is 5.82 Å². The molecule has 0 aliphatic rings. The van der Waals surface area contributed by atoms with E-state index < -0.39 is 29.6 Å². The third-order valence-electron chi connectivity index (χ3n) is 2.58. The molecule has 0 unspecified atom stereocenters. The van der Waals surface area contributed by atoms with E-state index in [1.54, 1.807) is 0 Å². The number of hydrogen-bond acceptors (Lipinski definition) is 4. The molecule has 0 bridgehead atoms. The van der Waals surface area contributed by atoms with Gasteiger partial charge in [0, 0.05) is 19.8 Å². The molecule has 4 nitrogen and oxygen atoms in total. The van der Waals surface area contributed by atoms with Crippen molar-refractivity contribution in [3.05, 3.63) is 35.1 Å². The van der Waals surface area contributed by atoms with Gasteiger partial charge in [-0.15, -0.1) is 0 Å². The van der Waals surface area contributed by atoms with Crippen LogP contribution in [0.2, 0.25) is 0 Å². The van der Waals surface area contributed by atoms with E-state index in [1.807, 2.05) is 0 Å². The molecule has 0 saturated heterocycles. The first-order chi connectivity index (χ1) is 9.39. The zero-order valence-electron chi connectivity index (χ0n) is 11.3. The molecule has 0 radical (unpaired) electrons. The standard InChI is InChI=1S/C13H15F3O4/c1-4-20-12(17)13(15,16)9-7-5-6-8(10(9)14)11(18-2)19-3/h5-7,11H,4H2,1-3H3. The Kier molecular flexibility index (Phi) is 5.52. The molecule has 0 aliphatic carbocycles. The van der Waals surface area contributed by atoms with Crippen LogP contribution in [0.15, 0.2) is 18.2 Å². The molecule has 20 heavy (non-hydrogen) atoms. The van der Waals surface area contributed by atoms with Gasteiger partial charge in [0.2, 0.25) is 0 Å². The number of alkyl halides is 2. The first-order valence-electron chi connectivity index (χ1n) is 5.79. The predicted octanol–water partition coefficient (Wildman–Crippen LogP) is 2.77. The van der Waals surface area contributed by atoms with Crippen LogP contribution in [0.4, 0.5) is 13.2 Å². The Morgan fingerprint density at radius 3 is 2.40 bits per heavy atom. The number of rotatable bonds is 6. The molecule has 0 saturated carbocycles. The van der Waals surface area contributed by atoms with Gasteiger partial charge >= 0.3 is 11.9 Å². The highest BCUT2D eigenvalue weighted by atomic mass is 19.3. The highest BCUT2D eigenvalue weighted by molar-refractivity contribution is 5.79. The highest BCUT2D eigenvalue weighted by Gasteiger charge is 2.45. The minimum absolute atomic E-state index is 0.225. The largest absolute Gasteiger partial charge is 0.461 e. The molecule has 0 atom stereocenters. The van der Waals surface area contributed by atoms with Crippen LogP contribution in [0, 0.1) is 5.82 Å². The van der Waals surface area contributed by atoms with E-state index in [9.17, 15) is 18.0 Å². The fourth-order valence-corrected chi connectivity index (χ4v) is 1.66. The molecule has 1 rings (SSSR count). The Morgan fingerprint density at radius 1 is 1.30 bits per heavy atom. The monoisotopic (exact) mass is 292 g/mol. The summed E-state index contributed by atoms with van der Waals surface area (Å²) in [6.45, 7) is 1.15.